The number of carbonyl (C=O) groups excluding carboxylic acids is 1. The molecule has 70 valence electrons. The molecule has 0 saturated heterocycles. The molecule has 1 nitrogen and oxygen atoms in total. The van der Waals surface area contributed by atoms with E-state index in [1.807, 2.05) is 6.92 Å². The molecular weight excluding hydrogens is 191 g/mol. The van der Waals surface area contributed by atoms with Gasteiger partial charge in [-0.05, 0) is 24.6 Å². The van der Waals surface area contributed by atoms with Gasteiger partial charge in [0.25, 0.3) is 0 Å². The minimum Gasteiger partial charge on any atom is -0.294 e. The fraction of sp³-hybridized carbons (Fsp3) is 0.300. The molecule has 0 atom stereocenters. The zero-order valence-corrected chi connectivity index (χ0v) is 8.07. The molecule has 0 saturated carbocycles. The van der Waals surface area contributed by atoms with Crippen molar-refractivity contribution in [2.24, 2.45) is 0 Å². The largest absolute Gasteiger partial charge is 0.294 e. The van der Waals surface area contributed by atoms with Gasteiger partial charge in [-0.1, -0.05) is 18.5 Å². The van der Waals surface area contributed by atoms with Crippen LogP contribution in [0, 0.1) is 5.82 Å². The summed E-state index contributed by atoms with van der Waals surface area (Å²) in [6.07, 6.45) is 1.22. The first-order chi connectivity index (χ1) is 6.15. The summed E-state index contributed by atoms with van der Waals surface area (Å²) in [4.78, 5) is 11.4. The van der Waals surface area contributed by atoms with Crippen molar-refractivity contribution >= 4 is 17.4 Å². The van der Waals surface area contributed by atoms with Gasteiger partial charge in [0, 0.05) is 12.0 Å². The monoisotopic (exact) mass is 200 g/mol. The van der Waals surface area contributed by atoms with Crippen LogP contribution in [0.2, 0.25) is 5.02 Å². The van der Waals surface area contributed by atoms with E-state index in [0.717, 1.165) is 12.5 Å². The van der Waals surface area contributed by atoms with Crippen LogP contribution < -0.4 is 0 Å². The minimum absolute atomic E-state index is 0.0347. The lowest BCUT2D eigenvalue weighted by molar-refractivity contribution is 0.0982. The summed E-state index contributed by atoms with van der Waals surface area (Å²) in [5.41, 5.74) is 0.407. The highest BCUT2D eigenvalue weighted by Crippen LogP contribution is 2.19. The molecule has 0 radical (unpaired) electrons. The molecule has 0 unspecified atom stereocenters. The van der Waals surface area contributed by atoms with E-state index in [1.165, 1.54) is 12.1 Å². The predicted octanol–water partition coefficient (Wildman–Crippen LogP) is 3.46. The number of hydrogen-bond donors (Lipinski definition) is 0. The highest BCUT2D eigenvalue weighted by molar-refractivity contribution is 6.33. The first-order valence-corrected chi connectivity index (χ1v) is 4.51. The van der Waals surface area contributed by atoms with Gasteiger partial charge in [0.15, 0.2) is 5.78 Å². The van der Waals surface area contributed by atoms with Crippen molar-refractivity contribution < 1.29 is 9.18 Å². The Morgan fingerprint density at radius 1 is 1.54 bits per heavy atom. The Balaban J connectivity index is 2.95. The number of ketones is 1. The van der Waals surface area contributed by atoms with E-state index in [2.05, 4.69) is 0 Å². The van der Waals surface area contributed by atoms with Gasteiger partial charge in [-0.15, -0.1) is 0 Å². The average molecular weight is 201 g/mol. The molecule has 0 aliphatic heterocycles. The fourth-order valence-corrected chi connectivity index (χ4v) is 1.35. The average Bonchev–Trinajstić information content (AvgIpc) is 2.04. The van der Waals surface area contributed by atoms with Crippen LogP contribution in [0.15, 0.2) is 18.2 Å². The molecular formula is C10H10ClFO. The Morgan fingerprint density at radius 3 is 2.77 bits per heavy atom. The maximum absolute atomic E-state index is 12.6. The van der Waals surface area contributed by atoms with Gasteiger partial charge in [-0.3, -0.25) is 4.79 Å². The quantitative estimate of drug-likeness (QED) is 0.683. The summed E-state index contributed by atoms with van der Waals surface area (Å²) >= 11 is 5.70. The summed E-state index contributed by atoms with van der Waals surface area (Å²) in [5.74, 6) is -0.453. The Labute approximate surface area is 81.5 Å². The lowest BCUT2D eigenvalue weighted by Gasteiger charge is -2.01. The third kappa shape index (κ3) is 2.52. The molecule has 0 bridgehead atoms. The number of hydrogen-bond acceptors (Lipinski definition) is 1. The van der Waals surface area contributed by atoms with E-state index in [-0.39, 0.29) is 10.8 Å². The van der Waals surface area contributed by atoms with Crippen molar-refractivity contribution in [2.75, 3.05) is 0 Å². The smallest absolute Gasteiger partial charge is 0.164 e. The first-order valence-electron chi connectivity index (χ1n) is 4.13. The molecule has 1 rings (SSSR count). The number of halogens is 2. The molecule has 0 aliphatic rings. The van der Waals surface area contributed by atoms with Crippen LogP contribution in [-0.4, -0.2) is 5.78 Å². The van der Waals surface area contributed by atoms with Gasteiger partial charge in [-0.25, -0.2) is 4.39 Å². The van der Waals surface area contributed by atoms with Crippen molar-refractivity contribution in [2.45, 2.75) is 19.8 Å². The minimum atomic E-state index is -0.418. The summed E-state index contributed by atoms with van der Waals surface area (Å²) in [5, 5.41) is 0.193. The van der Waals surface area contributed by atoms with Gasteiger partial charge in [0.2, 0.25) is 0 Å². The van der Waals surface area contributed by atoms with Gasteiger partial charge in [0.1, 0.15) is 5.82 Å². The van der Waals surface area contributed by atoms with Gasteiger partial charge in [0.05, 0.1) is 5.02 Å². The fourth-order valence-electron chi connectivity index (χ4n) is 1.08. The van der Waals surface area contributed by atoms with Crippen molar-refractivity contribution in [3.63, 3.8) is 0 Å². The standard InChI is InChI=1S/C10H10ClFO/c1-2-3-10(13)8-5-4-7(12)6-9(8)11/h4-6H,2-3H2,1H3. The Morgan fingerprint density at radius 2 is 2.23 bits per heavy atom. The number of benzene rings is 1. The van der Waals surface area contributed by atoms with Gasteiger partial charge in [-0.2, -0.15) is 0 Å². The third-order valence-corrected chi connectivity index (χ3v) is 2.02. The molecule has 13 heavy (non-hydrogen) atoms. The second-order valence-corrected chi connectivity index (χ2v) is 3.20. The zero-order chi connectivity index (χ0) is 9.84. The van der Waals surface area contributed by atoms with Crippen molar-refractivity contribution in [3.8, 4) is 0 Å². The molecule has 0 fully saturated rings. The molecule has 0 heterocycles. The van der Waals surface area contributed by atoms with Crippen LogP contribution in [0.5, 0.6) is 0 Å². The highest BCUT2D eigenvalue weighted by atomic mass is 35.5. The maximum Gasteiger partial charge on any atom is 0.164 e. The van der Waals surface area contributed by atoms with E-state index in [1.54, 1.807) is 0 Å². The van der Waals surface area contributed by atoms with Gasteiger partial charge >= 0.3 is 0 Å². The second kappa shape index (κ2) is 4.38. The molecule has 0 amide bonds. The molecule has 0 aromatic heterocycles. The zero-order valence-electron chi connectivity index (χ0n) is 7.31. The van der Waals surface area contributed by atoms with Crippen LogP contribution >= 0.6 is 11.6 Å². The van der Waals surface area contributed by atoms with Crippen LogP contribution in [0.4, 0.5) is 4.39 Å². The van der Waals surface area contributed by atoms with Crippen molar-refractivity contribution in [3.05, 3.63) is 34.6 Å². The third-order valence-electron chi connectivity index (χ3n) is 1.71. The predicted molar refractivity (Wildman–Crippen MR) is 50.6 cm³/mol. The maximum atomic E-state index is 12.6. The van der Waals surface area contributed by atoms with Crippen molar-refractivity contribution in [1.29, 1.82) is 0 Å². The number of Topliss-reactive ketones (excluding diaryl/α,β-unsaturated/α-hetero) is 1. The van der Waals surface area contributed by atoms with E-state index in [4.69, 9.17) is 11.6 Å². The SMILES string of the molecule is CCCC(=O)c1ccc(F)cc1Cl. The Hall–Kier alpha value is -0.890. The molecule has 1 aromatic carbocycles. The van der Waals surface area contributed by atoms with Crippen molar-refractivity contribution in [1.82, 2.24) is 0 Å². The molecule has 1 aromatic rings. The Kier molecular flexibility index (Phi) is 3.43. The van der Waals surface area contributed by atoms with E-state index < -0.39 is 5.82 Å². The topological polar surface area (TPSA) is 17.1 Å². The van der Waals surface area contributed by atoms with E-state index in [0.29, 0.717) is 12.0 Å². The van der Waals surface area contributed by atoms with Crippen LogP contribution in [0.1, 0.15) is 30.1 Å². The second-order valence-electron chi connectivity index (χ2n) is 2.80. The normalized spacial score (nSPS) is 10.1. The van der Waals surface area contributed by atoms with E-state index in [9.17, 15) is 9.18 Å². The summed E-state index contributed by atoms with van der Waals surface area (Å²) < 4.78 is 12.6. The summed E-state index contributed by atoms with van der Waals surface area (Å²) in [6, 6.07) is 3.83. The number of rotatable bonds is 3. The molecule has 3 heteroatoms. The van der Waals surface area contributed by atoms with E-state index >= 15 is 0 Å². The first kappa shape index (κ1) is 10.2. The molecule has 0 spiro atoms. The summed E-state index contributed by atoms with van der Waals surface area (Å²) in [7, 11) is 0. The van der Waals surface area contributed by atoms with Crippen LogP contribution in [0.3, 0.4) is 0 Å². The Bertz CT molecular complexity index is 323. The van der Waals surface area contributed by atoms with Crippen LogP contribution in [-0.2, 0) is 0 Å². The van der Waals surface area contributed by atoms with Gasteiger partial charge < -0.3 is 0 Å². The molecule has 0 N–H and O–H groups in total. The summed E-state index contributed by atoms with van der Waals surface area (Å²) in [6.45, 7) is 1.91. The van der Waals surface area contributed by atoms with Crippen LogP contribution in [0.25, 0.3) is 0 Å². The lowest BCUT2D eigenvalue weighted by atomic mass is 10.1. The number of carbonyl (C=O) groups is 1. The highest BCUT2D eigenvalue weighted by Gasteiger charge is 2.09. The molecule has 0 aliphatic carbocycles. The lowest BCUT2D eigenvalue weighted by Crippen LogP contribution is -1.99.